The Morgan fingerprint density at radius 1 is 1.42 bits per heavy atom. The first-order valence-corrected chi connectivity index (χ1v) is 7.26. The zero-order valence-corrected chi connectivity index (χ0v) is 12.2. The minimum atomic E-state index is 0.0697. The number of halogens is 1. The number of carbonyl (C=O) groups is 1. The molecule has 2 rings (SSSR count). The molecule has 2 unspecified atom stereocenters. The summed E-state index contributed by atoms with van der Waals surface area (Å²) in [5.74, 6) is 0.693. The highest BCUT2D eigenvalue weighted by Gasteiger charge is 2.29. The molecule has 3 nitrogen and oxygen atoms in total. The van der Waals surface area contributed by atoms with Crippen molar-refractivity contribution in [1.82, 2.24) is 10.6 Å². The molecule has 1 aliphatic heterocycles. The maximum atomic E-state index is 12.2. The van der Waals surface area contributed by atoms with Crippen molar-refractivity contribution in [3.8, 4) is 0 Å². The number of nitrogens with one attached hydrogen (secondary N) is 2. The average molecular weight is 281 g/mol. The second-order valence-corrected chi connectivity index (χ2v) is 5.66. The summed E-state index contributed by atoms with van der Waals surface area (Å²) in [6.07, 6.45) is 0.878. The Morgan fingerprint density at radius 2 is 2.05 bits per heavy atom. The molecule has 0 radical (unpaired) electrons. The van der Waals surface area contributed by atoms with Gasteiger partial charge in [-0.25, -0.2) is 0 Å². The molecule has 1 amide bonds. The van der Waals surface area contributed by atoms with Gasteiger partial charge in [0.1, 0.15) is 0 Å². The lowest BCUT2D eigenvalue weighted by Crippen LogP contribution is -2.50. The van der Waals surface area contributed by atoms with Crippen LogP contribution in [0.3, 0.4) is 0 Å². The maximum Gasteiger partial charge on any atom is 0.223 e. The van der Waals surface area contributed by atoms with E-state index in [1.165, 1.54) is 0 Å². The van der Waals surface area contributed by atoms with Gasteiger partial charge >= 0.3 is 0 Å². The fourth-order valence-electron chi connectivity index (χ4n) is 2.30. The summed E-state index contributed by atoms with van der Waals surface area (Å²) in [4.78, 5) is 12.2. The zero-order chi connectivity index (χ0) is 13.8. The third-order valence-electron chi connectivity index (χ3n) is 3.93. The quantitative estimate of drug-likeness (QED) is 0.871. The fourth-order valence-corrected chi connectivity index (χ4v) is 2.42. The summed E-state index contributed by atoms with van der Waals surface area (Å²) in [5, 5.41) is 7.07. The molecule has 1 aromatic carbocycles. The Morgan fingerprint density at radius 3 is 2.53 bits per heavy atom. The average Bonchev–Trinajstić information content (AvgIpc) is 2.34. The molecular weight excluding hydrogens is 260 g/mol. The fraction of sp³-hybridized carbons (Fsp3) is 0.533. The van der Waals surface area contributed by atoms with Crippen molar-refractivity contribution in [3.63, 3.8) is 0 Å². The Hall–Kier alpha value is -1.06. The molecule has 2 atom stereocenters. The van der Waals surface area contributed by atoms with E-state index in [0.717, 1.165) is 30.1 Å². The molecule has 0 aromatic heterocycles. The van der Waals surface area contributed by atoms with Gasteiger partial charge in [0, 0.05) is 10.9 Å². The van der Waals surface area contributed by atoms with Gasteiger partial charge in [0.15, 0.2) is 0 Å². The monoisotopic (exact) mass is 280 g/mol. The molecule has 104 valence electrons. The molecule has 1 aliphatic rings. The van der Waals surface area contributed by atoms with Gasteiger partial charge in [-0.3, -0.25) is 4.79 Å². The second-order valence-electron chi connectivity index (χ2n) is 5.23. The maximum absolute atomic E-state index is 12.2. The third kappa shape index (κ3) is 3.48. The van der Waals surface area contributed by atoms with Crippen LogP contribution in [0.2, 0.25) is 5.02 Å². The first-order chi connectivity index (χ1) is 9.11. The van der Waals surface area contributed by atoms with Crippen LogP contribution in [-0.4, -0.2) is 19.0 Å². The number of rotatable bonds is 5. The van der Waals surface area contributed by atoms with E-state index in [1.54, 1.807) is 0 Å². The molecular formula is C15H21ClN2O. The lowest BCUT2D eigenvalue weighted by Gasteiger charge is -2.32. The van der Waals surface area contributed by atoms with Gasteiger partial charge in [-0.1, -0.05) is 37.6 Å². The predicted molar refractivity (Wildman–Crippen MR) is 78.2 cm³/mol. The van der Waals surface area contributed by atoms with Crippen LogP contribution in [0.1, 0.15) is 31.9 Å². The van der Waals surface area contributed by atoms with Gasteiger partial charge in [-0.05, 0) is 43.1 Å². The van der Waals surface area contributed by atoms with Gasteiger partial charge < -0.3 is 10.6 Å². The van der Waals surface area contributed by atoms with Gasteiger partial charge in [0.2, 0.25) is 5.91 Å². The minimum absolute atomic E-state index is 0.0697. The van der Waals surface area contributed by atoms with Gasteiger partial charge in [0.25, 0.3) is 0 Å². The normalized spacial score (nSPS) is 18.5. The van der Waals surface area contributed by atoms with Crippen molar-refractivity contribution in [2.75, 3.05) is 13.1 Å². The molecule has 0 saturated carbocycles. The summed E-state index contributed by atoms with van der Waals surface area (Å²) in [6, 6.07) is 7.76. The van der Waals surface area contributed by atoms with E-state index in [2.05, 4.69) is 17.6 Å². The van der Waals surface area contributed by atoms with Gasteiger partial charge in [0.05, 0.1) is 6.04 Å². The third-order valence-corrected chi connectivity index (χ3v) is 4.18. The van der Waals surface area contributed by atoms with E-state index in [0.29, 0.717) is 5.92 Å². The van der Waals surface area contributed by atoms with E-state index in [4.69, 9.17) is 11.6 Å². The lowest BCUT2D eigenvalue weighted by molar-refractivity contribution is -0.127. The highest BCUT2D eigenvalue weighted by Crippen LogP contribution is 2.22. The minimum Gasteiger partial charge on any atom is -0.349 e. The Labute approximate surface area is 119 Å². The number of hydrogen-bond acceptors (Lipinski definition) is 2. The lowest BCUT2D eigenvalue weighted by atomic mass is 9.88. The van der Waals surface area contributed by atoms with Crippen LogP contribution in [-0.2, 0) is 4.79 Å². The van der Waals surface area contributed by atoms with Crippen LogP contribution >= 0.6 is 11.6 Å². The van der Waals surface area contributed by atoms with Crippen molar-refractivity contribution in [2.24, 2.45) is 11.8 Å². The van der Waals surface area contributed by atoms with Crippen molar-refractivity contribution in [3.05, 3.63) is 34.9 Å². The van der Waals surface area contributed by atoms with Crippen LogP contribution in [0.5, 0.6) is 0 Å². The van der Waals surface area contributed by atoms with Crippen molar-refractivity contribution >= 4 is 17.5 Å². The highest BCUT2D eigenvalue weighted by atomic mass is 35.5. The Kier molecular flexibility index (Phi) is 4.83. The smallest absolute Gasteiger partial charge is 0.223 e. The van der Waals surface area contributed by atoms with Crippen LogP contribution in [0, 0.1) is 11.8 Å². The largest absolute Gasteiger partial charge is 0.349 e. The SMILES string of the molecule is CCC(NC(=O)C(C)C1CNC1)c1ccc(Cl)cc1. The van der Waals surface area contributed by atoms with Gasteiger partial charge in [-0.2, -0.15) is 0 Å². The second kappa shape index (κ2) is 6.40. The van der Waals surface area contributed by atoms with E-state index < -0.39 is 0 Å². The first kappa shape index (κ1) is 14.4. The zero-order valence-electron chi connectivity index (χ0n) is 11.4. The van der Waals surface area contributed by atoms with E-state index >= 15 is 0 Å². The van der Waals surface area contributed by atoms with Crippen LogP contribution < -0.4 is 10.6 Å². The van der Waals surface area contributed by atoms with Crippen molar-refractivity contribution in [1.29, 1.82) is 0 Å². The summed E-state index contributed by atoms with van der Waals surface area (Å²) in [6.45, 7) is 5.99. The van der Waals surface area contributed by atoms with Crippen molar-refractivity contribution < 1.29 is 4.79 Å². The van der Waals surface area contributed by atoms with E-state index in [9.17, 15) is 4.79 Å². The molecule has 1 fully saturated rings. The molecule has 19 heavy (non-hydrogen) atoms. The standard InChI is InChI=1S/C15H21ClN2O/c1-3-14(11-4-6-13(16)7-5-11)18-15(19)10(2)12-8-17-9-12/h4-7,10,12,14,17H,3,8-9H2,1-2H3,(H,18,19). The molecule has 0 bridgehead atoms. The molecule has 4 heteroatoms. The Balaban J connectivity index is 1.98. The van der Waals surface area contributed by atoms with Crippen molar-refractivity contribution in [2.45, 2.75) is 26.3 Å². The number of amides is 1. The van der Waals surface area contributed by atoms with Crippen LogP contribution in [0.15, 0.2) is 24.3 Å². The Bertz CT molecular complexity index is 428. The van der Waals surface area contributed by atoms with E-state index in [-0.39, 0.29) is 17.9 Å². The molecule has 1 aromatic rings. The topological polar surface area (TPSA) is 41.1 Å². The molecule has 1 heterocycles. The van der Waals surface area contributed by atoms with E-state index in [1.807, 2.05) is 31.2 Å². The predicted octanol–water partition coefficient (Wildman–Crippen LogP) is 2.76. The molecule has 0 spiro atoms. The number of carbonyl (C=O) groups excluding carboxylic acids is 1. The molecule has 2 N–H and O–H groups in total. The summed E-state index contributed by atoms with van der Waals surface area (Å²) in [5.41, 5.74) is 1.11. The summed E-state index contributed by atoms with van der Waals surface area (Å²) >= 11 is 5.89. The van der Waals surface area contributed by atoms with Crippen LogP contribution in [0.4, 0.5) is 0 Å². The van der Waals surface area contributed by atoms with Crippen LogP contribution in [0.25, 0.3) is 0 Å². The highest BCUT2D eigenvalue weighted by molar-refractivity contribution is 6.30. The first-order valence-electron chi connectivity index (χ1n) is 6.88. The molecule has 0 aliphatic carbocycles. The number of benzene rings is 1. The van der Waals surface area contributed by atoms with Gasteiger partial charge in [-0.15, -0.1) is 0 Å². The summed E-state index contributed by atoms with van der Waals surface area (Å²) in [7, 11) is 0. The molecule has 1 saturated heterocycles. The summed E-state index contributed by atoms with van der Waals surface area (Å²) < 4.78 is 0. The number of hydrogen-bond donors (Lipinski definition) is 2.